The van der Waals surface area contributed by atoms with Crippen LogP contribution in [-0.2, 0) is 28.3 Å². The van der Waals surface area contributed by atoms with E-state index >= 15 is 0 Å². The summed E-state index contributed by atoms with van der Waals surface area (Å²) in [7, 11) is 3.55. The van der Waals surface area contributed by atoms with Gasteiger partial charge in [-0.25, -0.2) is 9.59 Å². The number of rotatable bonds is 5. The number of halogens is 3. The van der Waals surface area contributed by atoms with E-state index in [0.29, 0.717) is 51.4 Å². The Morgan fingerprint density at radius 2 is 1.39 bits per heavy atom. The van der Waals surface area contributed by atoms with Crippen LogP contribution in [0.25, 0.3) is 0 Å². The fraction of sp³-hybridized carbons (Fsp3) is 0.556. The number of nitrogens with zero attached hydrogens (tertiary/aromatic N) is 5. The highest BCUT2D eigenvalue weighted by atomic mass is 79.9. The number of ether oxygens (including phenoxy) is 3. The molecular formula is C18H24Br3N5O5. The topological polar surface area (TPSA) is 101 Å². The first-order valence-electron chi connectivity index (χ1n) is 9.50. The molecule has 0 bridgehead atoms. The summed E-state index contributed by atoms with van der Waals surface area (Å²) in [4.78, 5) is 25.4. The van der Waals surface area contributed by atoms with Crippen molar-refractivity contribution in [2.75, 3.05) is 44.4 Å². The highest BCUT2D eigenvalue weighted by molar-refractivity contribution is 9.11. The average molecular weight is 630 g/mol. The minimum Gasteiger partial charge on any atom is -0.462 e. The van der Waals surface area contributed by atoms with Gasteiger partial charge in [-0.1, -0.05) is 0 Å². The van der Waals surface area contributed by atoms with Crippen LogP contribution in [0.5, 0.6) is 0 Å². The normalized spacial score (nSPS) is 13.5. The second-order valence-electron chi connectivity index (χ2n) is 6.23. The van der Waals surface area contributed by atoms with Gasteiger partial charge in [0.05, 0.1) is 26.4 Å². The zero-order valence-electron chi connectivity index (χ0n) is 17.7. The van der Waals surface area contributed by atoms with Gasteiger partial charge in [-0.2, -0.15) is 10.2 Å². The van der Waals surface area contributed by atoms with Crippen LogP contribution in [0.1, 0.15) is 34.6 Å². The Kier molecular flexibility index (Phi) is 9.97. The standard InChI is InChI=1S/C11H16BrN3O3.C7H8Br2N2O2/c1-3-18-11(16)8-9(12)13-14(2)10(8)15-4-6-17-7-5-15;1-3-13-7(12)4-5(8)10-11(2)6(4)9/h3-7H2,1-2H3;3H2,1-2H3. The van der Waals surface area contributed by atoms with Crippen molar-refractivity contribution < 1.29 is 23.8 Å². The molecule has 0 amide bonds. The summed E-state index contributed by atoms with van der Waals surface area (Å²) in [6, 6.07) is 0. The quantitative estimate of drug-likeness (QED) is 0.465. The zero-order chi connectivity index (χ0) is 23.1. The van der Waals surface area contributed by atoms with E-state index in [0.717, 1.165) is 18.9 Å². The summed E-state index contributed by atoms with van der Waals surface area (Å²) in [5.41, 5.74) is 0.908. The van der Waals surface area contributed by atoms with Gasteiger partial charge in [0.2, 0.25) is 0 Å². The van der Waals surface area contributed by atoms with Crippen LogP contribution in [0.4, 0.5) is 5.82 Å². The molecule has 0 N–H and O–H groups in total. The Balaban J connectivity index is 0.000000233. The molecule has 0 spiro atoms. The lowest BCUT2D eigenvalue weighted by atomic mass is 10.3. The van der Waals surface area contributed by atoms with E-state index < -0.39 is 0 Å². The lowest BCUT2D eigenvalue weighted by Crippen LogP contribution is -2.38. The number of esters is 2. The smallest absolute Gasteiger partial charge is 0.344 e. The second kappa shape index (κ2) is 12.0. The maximum Gasteiger partial charge on any atom is 0.344 e. The molecule has 0 atom stereocenters. The predicted molar refractivity (Wildman–Crippen MR) is 124 cm³/mol. The molecule has 2 aromatic heterocycles. The number of carbonyl (C=O) groups is 2. The summed E-state index contributed by atoms with van der Waals surface area (Å²) in [6.45, 7) is 7.06. The Morgan fingerprint density at radius 1 is 0.903 bits per heavy atom. The lowest BCUT2D eigenvalue weighted by molar-refractivity contribution is 0.0515. The highest BCUT2D eigenvalue weighted by Gasteiger charge is 2.27. The molecule has 0 unspecified atom stereocenters. The molecule has 1 aliphatic heterocycles. The molecular weight excluding hydrogens is 606 g/mol. The van der Waals surface area contributed by atoms with Crippen LogP contribution >= 0.6 is 47.8 Å². The predicted octanol–water partition coefficient (Wildman–Crippen LogP) is 3.32. The van der Waals surface area contributed by atoms with Gasteiger partial charge in [0.1, 0.15) is 30.8 Å². The van der Waals surface area contributed by atoms with Crippen molar-refractivity contribution in [2.24, 2.45) is 14.1 Å². The van der Waals surface area contributed by atoms with E-state index in [1.54, 1.807) is 30.3 Å². The Bertz CT molecular complexity index is 924. The fourth-order valence-electron chi connectivity index (χ4n) is 2.84. The van der Waals surface area contributed by atoms with E-state index in [1.807, 2.05) is 7.05 Å². The molecule has 13 heteroatoms. The summed E-state index contributed by atoms with van der Waals surface area (Å²) < 4.78 is 20.1. The Labute approximate surface area is 205 Å². The molecule has 0 aromatic carbocycles. The molecule has 1 aliphatic rings. The molecule has 31 heavy (non-hydrogen) atoms. The number of hydrogen-bond acceptors (Lipinski definition) is 8. The Hall–Kier alpha value is -1.44. The van der Waals surface area contributed by atoms with Gasteiger partial charge in [0.25, 0.3) is 0 Å². The number of hydrogen-bond donors (Lipinski definition) is 0. The third kappa shape index (κ3) is 6.30. The number of aromatic nitrogens is 4. The van der Waals surface area contributed by atoms with Crippen LogP contribution in [0, 0.1) is 0 Å². The van der Waals surface area contributed by atoms with Crippen LogP contribution in [0.15, 0.2) is 13.8 Å². The van der Waals surface area contributed by atoms with Gasteiger partial charge in [0, 0.05) is 27.2 Å². The first-order valence-corrected chi connectivity index (χ1v) is 11.9. The maximum absolute atomic E-state index is 12.0. The van der Waals surface area contributed by atoms with E-state index in [1.165, 1.54) is 0 Å². The summed E-state index contributed by atoms with van der Waals surface area (Å²) in [5.74, 6) is 0.0527. The number of carbonyl (C=O) groups excluding carboxylic acids is 2. The van der Waals surface area contributed by atoms with Gasteiger partial charge >= 0.3 is 11.9 Å². The minimum atomic E-state index is -0.380. The van der Waals surface area contributed by atoms with Gasteiger partial charge in [-0.15, -0.1) is 0 Å². The molecule has 1 fully saturated rings. The maximum atomic E-state index is 12.0. The minimum absolute atomic E-state index is 0.348. The zero-order valence-corrected chi connectivity index (χ0v) is 22.4. The fourth-order valence-corrected chi connectivity index (χ4v) is 4.70. The third-order valence-corrected chi connectivity index (χ3v) is 6.20. The Morgan fingerprint density at radius 3 is 1.87 bits per heavy atom. The van der Waals surface area contributed by atoms with Crippen molar-refractivity contribution in [3.8, 4) is 0 Å². The van der Waals surface area contributed by atoms with Crippen molar-refractivity contribution in [3.63, 3.8) is 0 Å². The number of anilines is 1. The molecule has 0 aliphatic carbocycles. The molecule has 0 saturated carbocycles. The number of aryl methyl sites for hydroxylation is 2. The molecule has 0 radical (unpaired) electrons. The summed E-state index contributed by atoms with van der Waals surface area (Å²) in [6.07, 6.45) is 0. The first kappa shape index (κ1) is 25.8. The van der Waals surface area contributed by atoms with Crippen molar-refractivity contribution in [3.05, 3.63) is 24.9 Å². The molecule has 172 valence electrons. The average Bonchev–Trinajstić information content (AvgIpc) is 3.16. The summed E-state index contributed by atoms with van der Waals surface area (Å²) >= 11 is 9.73. The van der Waals surface area contributed by atoms with Crippen molar-refractivity contribution >= 4 is 65.5 Å². The van der Waals surface area contributed by atoms with Crippen LogP contribution in [-0.4, -0.2) is 71.0 Å². The van der Waals surface area contributed by atoms with Crippen LogP contribution < -0.4 is 4.90 Å². The SMILES string of the molecule is CCOC(=O)c1c(Br)nn(C)c1Br.CCOC(=O)c1c(Br)nn(C)c1N1CCOCC1. The van der Waals surface area contributed by atoms with E-state index in [4.69, 9.17) is 14.2 Å². The molecule has 3 heterocycles. The molecule has 10 nitrogen and oxygen atoms in total. The monoisotopic (exact) mass is 627 g/mol. The lowest BCUT2D eigenvalue weighted by Gasteiger charge is -2.29. The van der Waals surface area contributed by atoms with Crippen molar-refractivity contribution in [2.45, 2.75) is 13.8 Å². The largest absolute Gasteiger partial charge is 0.462 e. The highest BCUT2D eigenvalue weighted by Crippen LogP contribution is 2.28. The molecule has 2 aromatic rings. The van der Waals surface area contributed by atoms with Gasteiger partial charge in [-0.3, -0.25) is 9.36 Å². The van der Waals surface area contributed by atoms with Gasteiger partial charge in [-0.05, 0) is 61.6 Å². The van der Waals surface area contributed by atoms with Crippen LogP contribution in [0.2, 0.25) is 0 Å². The summed E-state index contributed by atoms with van der Waals surface area (Å²) in [5, 5.41) is 8.24. The molecule has 1 saturated heterocycles. The van der Waals surface area contributed by atoms with E-state index in [2.05, 4.69) is 62.9 Å². The first-order chi connectivity index (χ1) is 14.7. The third-order valence-electron chi connectivity index (χ3n) is 4.18. The van der Waals surface area contributed by atoms with E-state index in [9.17, 15) is 9.59 Å². The van der Waals surface area contributed by atoms with Gasteiger partial charge < -0.3 is 19.1 Å². The van der Waals surface area contributed by atoms with Gasteiger partial charge in [0.15, 0.2) is 0 Å². The second-order valence-corrected chi connectivity index (χ2v) is 8.49. The van der Waals surface area contributed by atoms with Crippen LogP contribution in [0.3, 0.4) is 0 Å². The molecule has 3 rings (SSSR count). The van der Waals surface area contributed by atoms with E-state index in [-0.39, 0.29) is 11.9 Å². The van der Waals surface area contributed by atoms with Crippen molar-refractivity contribution in [1.82, 2.24) is 19.6 Å². The van der Waals surface area contributed by atoms with Crippen molar-refractivity contribution in [1.29, 1.82) is 0 Å². The number of morpholine rings is 1.